The number of nitrogens with one attached hydrogen (secondary N) is 2. The Bertz CT molecular complexity index is 696. The minimum Gasteiger partial charge on any atom is -0.491 e. The molecule has 30 heavy (non-hydrogen) atoms. The van der Waals surface area contributed by atoms with Crippen LogP contribution in [0.4, 0.5) is 0 Å². The number of amides is 1. The molecule has 0 radical (unpaired) electrons. The molecule has 1 aliphatic carbocycles. The summed E-state index contributed by atoms with van der Waals surface area (Å²) in [6.07, 6.45) is 6.61. The Morgan fingerprint density at radius 3 is 2.60 bits per heavy atom. The van der Waals surface area contributed by atoms with E-state index in [1.54, 1.807) is 0 Å². The fourth-order valence-corrected chi connectivity index (χ4v) is 4.33. The van der Waals surface area contributed by atoms with E-state index in [4.69, 9.17) is 9.73 Å². The third-order valence-corrected chi connectivity index (χ3v) is 5.85. The molecular weight excluding hydrogens is 376 g/mol. The first-order chi connectivity index (χ1) is 14.5. The van der Waals surface area contributed by atoms with E-state index in [2.05, 4.69) is 34.6 Å². The smallest absolute Gasteiger partial charge is 0.225 e. The Morgan fingerprint density at radius 2 is 1.93 bits per heavy atom. The van der Waals surface area contributed by atoms with E-state index in [0.717, 1.165) is 63.6 Å². The Morgan fingerprint density at radius 1 is 1.20 bits per heavy atom. The molecule has 1 aromatic carbocycles. The Kier molecular flexibility index (Phi) is 8.40. The molecule has 1 aromatic rings. The van der Waals surface area contributed by atoms with Crippen molar-refractivity contribution in [3.63, 3.8) is 0 Å². The zero-order chi connectivity index (χ0) is 21.3. The predicted molar refractivity (Wildman–Crippen MR) is 122 cm³/mol. The van der Waals surface area contributed by atoms with Gasteiger partial charge in [-0.3, -0.25) is 9.79 Å². The molecular formula is C24H38N4O2. The summed E-state index contributed by atoms with van der Waals surface area (Å²) in [5.74, 6) is 2.38. The second-order valence-electron chi connectivity index (χ2n) is 8.72. The molecule has 0 bridgehead atoms. The Balaban J connectivity index is 1.46. The maximum Gasteiger partial charge on any atom is 0.225 e. The highest BCUT2D eigenvalue weighted by Gasteiger charge is 2.32. The topological polar surface area (TPSA) is 66.0 Å². The maximum atomic E-state index is 12.7. The van der Waals surface area contributed by atoms with Gasteiger partial charge in [-0.25, -0.2) is 0 Å². The van der Waals surface area contributed by atoms with Gasteiger partial charge in [-0.05, 0) is 64.2 Å². The van der Waals surface area contributed by atoms with Crippen LogP contribution in [0.2, 0.25) is 0 Å². The number of hydrogen-bond acceptors (Lipinski definition) is 3. The van der Waals surface area contributed by atoms with Crippen LogP contribution in [0.1, 0.15) is 58.4 Å². The van der Waals surface area contributed by atoms with Crippen molar-refractivity contribution in [3.8, 4) is 5.75 Å². The average molecular weight is 415 g/mol. The zero-order valence-electron chi connectivity index (χ0n) is 18.8. The highest BCUT2D eigenvalue weighted by atomic mass is 16.5. The van der Waals surface area contributed by atoms with Crippen LogP contribution in [0.3, 0.4) is 0 Å². The van der Waals surface area contributed by atoms with Crippen molar-refractivity contribution in [1.82, 2.24) is 15.5 Å². The molecule has 0 aromatic heterocycles. The Labute approximate surface area is 181 Å². The molecule has 2 aliphatic rings. The summed E-state index contributed by atoms with van der Waals surface area (Å²) in [4.78, 5) is 19.5. The van der Waals surface area contributed by atoms with Gasteiger partial charge in [-0.2, -0.15) is 0 Å². The third kappa shape index (κ3) is 6.64. The van der Waals surface area contributed by atoms with Gasteiger partial charge in [0.25, 0.3) is 0 Å². The van der Waals surface area contributed by atoms with E-state index in [0.29, 0.717) is 5.91 Å². The van der Waals surface area contributed by atoms with Gasteiger partial charge < -0.3 is 20.3 Å². The number of ether oxygens (including phenoxy) is 1. The van der Waals surface area contributed by atoms with Gasteiger partial charge in [0.2, 0.25) is 5.91 Å². The van der Waals surface area contributed by atoms with Crippen LogP contribution >= 0.6 is 0 Å². The summed E-state index contributed by atoms with van der Waals surface area (Å²) in [6.45, 7) is 9.34. The summed E-state index contributed by atoms with van der Waals surface area (Å²) >= 11 is 0. The summed E-state index contributed by atoms with van der Waals surface area (Å²) < 4.78 is 5.70. The first-order valence-electron chi connectivity index (χ1n) is 11.6. The fraction of sp³-hybridized carbons (Fsp3) is 0.667. The lowest BCUT2D eigenvalue weighted by Gasteiger charge is -2.21. The average Bonchev–Trinajstić information content (AvgIpc) is 3.41. The molecule has 1 unspecified atom stereocenters. The molecule has 1 saturated carbocycles. The number of aliphatic imine (C=N–C) groups is 1. The van der Waals surface area contributed by atoms with E-state index in [1.807, 2.05) is 26.0 Å². The molecule has 1 saturated heterocycles. The van der Waals surface area contributed by atoms with E-state index in [-0.39, 0.29) is 18.1 Å². The minimum absolute atomic E-state index is 0.189. The molecule has 2 N–H and O–H groups in total. The minimum atomic E-state index is 0.189. The molecule has 0 spiro atoms. The molecule has 6 nitrogen and oxygen atoms in total. The van der Waals surface area contributed by atoms with Crippen LogP contribution in [-0.2, 0) is 11.2 Å². The Hall–Kier alpha value is -2.24. The summed E-state index contributed by atoms with van der Waals surface area (Å²) in [5, 5.41) is 6.88. The van der Waals surface area contributed by atoms with Crippen molar-refractivity contribution >= 4 is 11.9 Å². The summed E-state index contributed by atoms with van der Waals surface area (Å²) in [5.41, 5.74) is 1.25. The van der Waals surface area contributed by atoms with Gasteiger partial charge in [0.1, 0.15) is 5.75 Å². The predicted octanol–water partition coefficient (Wildman–Crippen LogP) is 3.36. The molecule has 1 amide bonds. The molecule has 1 aliphatic heterocycles. The summed E-state index contributed by atoms with van der Waals surface area (Å²) in [6, 6.07) is 8.54. The fourth-order valence-electron chi connectivity index (χ4n) is 4.33. The maximum absolute atomic E-state index is 12.7. The highest BCUT2D eigenvalue weighted by Crippen LogP contribution is 2.27. The monoisotopic (exact) mass is 414 g/mol. The number of likely N-dealkylation sites (tertiary alicyclic amines) is 1. The van der Waals surface area contributed by atoms with Crippen molar-refractivity contribution in [3.05, 3.63) is 29.8 Å². The molecule has 1 heterocycles. The number of carbonyl (C=O) groups excluding carboxylic acids is 1. The van der Waals surface area contributed by atoms with Gasteiger partial charge in [0, 0.05) is 38.1 Å². The molecule has 166 valence electrons. The van der Waals surface area contributed by atoms with Crippen LogP contribution in [0.25, 0.3) is 0 Å². The summed E-state index contributed by atoms with van der Waals surface area (Å²) in [7, 11) is 0. The van der Waals surface area contributed by atoms with Gasteiger partial charge >= 0.3 is 0 Å². The first-order valence-corrected chi connectivity index (χ1v) is 11.6. The lowest BCUT2D eigenvalue weighted by molar-refractivity contribution is -0.134. The standard InChI is InChI=1S/C24H38N4O2/c1-4-25-24(26-15-13-19-9-11-22(12-10-19)30-18(2)3)27-21-14-16-28(17-21)23(29)20-7-5-6-8-20/h9-12,18,20-21H,4-8,13-17H2,1-3H3,(H2,25,26,27). The highest BCUT2D eigenvalue weighted by molar-refractivity contribution is 5.81. The van der Waals surface area contributed by atoms with E-state index < -0.39 is 0 Å². The molecule has 1 atom stereocenters. The van der Waals surface area contributed by atoms with Crippen LogP contribution in [0.5, 0.6) is 5.75 Å². The third-order valence-electron chi connectivity index (χ3n) is 5.85. The van der Waals surface area contributed by atoms with E-state index in [1.165, 1.54) is 18.4 Å². The second kappa shape index (κ2) is 11.2. The number of carbonyl (C=O) groups is 1. The van der Waals surface area contributed by atoms with Gasteiger partial charge in [-0.1, -0.05) is 25.0 Å². The largest absolute Gasteiger partial charge is 0.491 e. The first kappa shape index (κ1) is 22.4. The van der Waals surface area contributed by atoms with Crippen molar-refractivity contribution in [2.24, 2.45) is 10.9 Å². The van der Waals surface area contributed by atoms with E-state index in [9.17, 15) is 4.79 Å². The van der Waals surface area contributed by atoms with Gasteiger partial charge in [0.05, 0.1) is 6.10 Å². The second-order valence-corrected chi connectivity index (χ2v) is 8.72. The lowest BCUT2D eigenvalue weighted by Crippen LogP contribution is -2.45. The van der Waals surface area contributed by atoms with Crippen LogP contribution in [-0.4, -0.2) is 55.1 Å². The van der Waals surface area contributed by atoms with Crippen molar-refractivity contribution in [2.75, 3.05) is 26.2 Å². The number of hydrogen-bond donors (Lipinski definition) is 2. The van der Waals surface area contributed by atoms with Crippen LogP contribution in [0.15, 0.2) is 29.3 Å². The quantitative estimate of drug-likeness (QED) is 0.506. The number of benzene rings is 1. The lowest BCUT2D eigenvalue weighted by atomic mass is 10.1. The van der Waals surface area contributed by atoms with Crippen LogP contribution in [0, 0.1) is 5.92 Å². The molecule has 6 heteroatoms. The number of nitrogens with zero attached hydrogens (tertiary/aromatic N) is 2. The van der Waals surface area contributed by atoms with Gasteiger partial charge in [0.15, 0.2) is 5.96 Å². The van der Waals surface area contributed by atoms with Crippen molar-refractivity contribution in [1.29, 1.82) is 0 Å². The van der Waals surface area contributed by atoms with E-state index >= 15 is 0 Å². The SMILES string of the molecule is CCNC(=NCCc1ccc(OC(C)C)cc1)NC1CCN(C(=O)C2CCCC2)C1. The van der Waals surface area contributed by atoms with Crippen LogP contribution < -0.4 is 15.4 Å². The number of guanidine groups is 1. The van der Waals surface area contributed by atoms with Crippen molar-refractivity contribution in [2.45, 2.75) is 71.4 Å². The zero-order valence-corrected chi connectivity index (χ0v) is 18.8. The molecule has 2 fully saturated rings. The normalized spacial score (nSPS) is 20.1. The number of rotatable bonds is 8. The van der Waals surface area contributed by atoms with Crippen molar-refractivity contribution < 1.29 is 9.53 Å². The molecule has 3 rings (SSSR count). The van der Waals surface area contributed by atoms with Gasteiger partial charge in [-0.15, -0.1) is 0 Å².